The lowest BCUT2D eigenvalue weighted by atomic mass is 9.94. The number of amides is 1. The molecule has 1 aliphatic rings. The first-order valence-corrected chi connectivity index (χ1v) is 7.76. The number of aliphatic hydroxyl groups excluding tert-OH is 1. The van der Waals surface area contributed by atoms with Gasteiger partial charge >= 0.3 is 0 Å². The van der Waals surface area contributed by atoms with Gasteiger partial charge in [-0.3, -0.25) is 9.78 Å². The number of nitrogens with one attached hydrogen (secondary N) is 1. The van der Waals surface area contributed by atoms with Gasteiger partial charge in [0, 0.05) is 38.1 Å². The van der Waals surface area contributed by atoms with Gasteiger partial charge in [0.1, 0.15) is 0 Å². The summed E-state index contributed by atoms with van der Waals surface area (Å²) < 4.78 is 0. The minimum absolute atomic E-state index is 0.0427. The molecule has 2 heterocycles. The van der Waals surface area contributed by atoms with E-state index in [0.717, 1.165) is 50.3 Å². The number of piperidine rings is 1. The van der Waals surface area contributed by atoms with Gasteiger partial charge < -0.3 is 15.3 Å². The van der Waals surface area contributed by atoms with E-state index in [1.54, 1.807) is 6.20 Å². The summed E-state index contributed by atoms with van der Waals surface area (Å²) >= 11 is 0. The molecule has 116 valence electrons. The highest BCUT2D eigenvalue weighted by molar-refractivity contribution is 5.99. The van der Waals surface area contributed by atoms with Crippen LogP contribution in [0.4, 0.5) is 5.69 Å². The molecule has 2 rings (SSSR count). The van der Waals surface area contributed by atoms with Crippen molar-refractivity contribution in [3.05, 3.63) is 23.5 Å². The Hall–Kier alpha value is -1.62. The SMILES string of the molecule is CCNc1cc(C)ncc1C(=O)N1CCCC(CCO)C1. The second kappa shape index (κ2) is 7.41. The minimum atomic E-state index is 0.0427. The molecule has 5 nitrogen and oxygen atoms in total. The van der Waals surface area contributed by atoms with Gasteiger partial charge in [0.25, 0.3) is 5.91 Å². The van der Waals surface area contributed by atoms with Crippen molar-refractivity contribution in [2.24, 2.45) is 5.92 Å². The summed E-state index contributed by atoms with van der Waals surface area (Å²) in [5.74, 6) is 0.454. The largest absolute Gasteiger partial charge is 0.396 e. The Morgan fingerprint density at radius 3 is 3.10 bits per heavy atom. The van der Waals surface area contributed by atoms with Crippen LogP contribution in [-0.4, -0.2) is 47.1 Å². The van der Waals surface area contributed by atoms with Crippen LogP contribution in [0.15, 0.2) is 12.3 Å². The zero-order valence-corrected chi connectivity index (χ0v) is 12.9. The molecular weight excluding hydrogens is 266 g/mol. The molecule has 5 heteroatoms. The van der Waals surface area contributed by atoms with Crippen LogP contribution < -0.4 is 5.32 Å². The number of hydrogen-bond acceptors (Lipinski definition) is 4. The Balaban J connectivity index is 2.15. The molecule has 0 aromatic carbocycles. The van der Waals surface area contributed by atoms with Crippen LogP contribution >= 0.6 is 0 Å². The second-order valence-corrected chi connectivity index (χ2v) is 5.67. The number of anilines is 1. The van der Waals surface area contributed by atoms with Crippen LogP contribution in [0.25, 0.3) is 0 Å². The first-order valence-electron chi connectivity index (χ1n) is 7.76. The second-order valence-electron chi connectivity index (χ2n) is 5.67. The standard InChI is InChI=1S/C16H25N3O2/c1-3-17-15-9-12(2)18-10-14(15)16(21)19-7-4-5-13(11-19)6-8-20/h9-10,13,20H,3-8,11H2,1-2H3,(H,17,18). The topological polar surface area (TPSA) is 65.5 Å². The quantitative estimate of drug-likeness (QED) is 0.871. The van der Waals surface area contributed by atoms with Crippen LogP contribution in [0.2, 0.25) is 0 Å². The lowest BCUT2D eigenvalue weighted by molar-refractivity contribution is 0.0654. The average molecular weight is 291 g/mol. The number of nitrogens with zero attached hydrogens (tertiary/aromatic N) is 2. The Morgan fingerprint density at radius 1 is 1.57 bits per heavy atom. The fourth-order valence-electron chi connectivity index (χ4n) is 2.91. The van der Waals surface area contributed by atoms with Gasteiger partial charge in [0.15, 0.2) is 0 Å². The van der Waals surface area contributed by atoms with Crippen LogP contribution in [0.5, 0.6) is 0 Å². The highest BCUT2D eigenvalue weighted by Gasteiger charge is 2.25. The van der Waals surface area contributed by atoms with Crippen molar-refractivity contribution >= 4 is 11.6 Å². The van der Waals surface area contributed by atoms with E-state index in [4.69, 9.17) is 5.11 Å². The summed E-state index contributed by atoms with van der Waals surface area (Å²) in [5, 5.41) is 12.3. The summed E-state index contributed by atoms with van der Waals surface area (Å²) in [6, 6.07) is 1.92. The van der Waals surface area contributed by atoms with Crippen molar-refractivity contribution in [3.8, 4) is 0 Å². The van der Waals surface area contributed by atoms with Gasteiger partial charge in [-0.15, -0.1) is 0 Å². The molecular formula is C16H25N3O2. The Kier molecular flexibility index (Phi) is 5.56. The number of rotatable bonds is 5. The van der Waals surface area contributed by atoms with E-state index in [0.29, 0.717) is 11.5 Å². The van der Waals surface area contributed by atoms with Gasteiger partial charge in [0.05, 0.1) is 11.3 Å². The molecule has 0 radical (unpaired) electrons. The Labute approximate surface area is 126 Å². The molecule has 1 fully saturated rings. The van der Waals surface area contributed by atoms with E-state index in [2.05, 4.69) is 10.3 Å². The molecule has 0 bridgehead atoms. The predicted molar refractivity (Wildman–Crippen MR) is 83.5 cm³/mol. The van der Waals surface area contributed by atoms with Gasteiger partial charge in [-0.2, -0.15) is 0 Å². The van der Waals surface area contributed by atoms with E-state index in [9.17, 15) is 4.79 Å². The van der Waals surface area contributed by atoms with Crippen molar-refractivity contribution in [3.63, 3.8) is 0 Å². The summed E-state index contributed by atoms with van der Waals surface area (Å²) in [5.41, 5.74) is 2.41. The molecule has 1 saturated heterocycles. The van der Waals surface area contributed by atoms with Gasteiger partial charge in [0.2, 0.25) is 0 Å². The van der Waals surface area contributed by atoms with Crippen LogP contribution in [0.3, 0.4) is 0 Å². The van der Waals surface area contributed by atoms with E-state index < -0.39 is 0 Å². The maximum Gasteiger partial charge on any atom is 0.257 e. The number of hydrogen-bond donors (Lipinski definition) is 2. The summed E-state index contributed by atoms with van der Waals surface area (Å²) in [6.45, 7) is 6.44. The first kappa shape index (κ1) is 15.8. The van der Waals surface area contributed by atoms with Crippen molar-refractivity contribution in [2.75, 3.05) is 31.6 Å². The minimum Gasteiger partial charge on any atom is -0.396 e. The third kappa shape index (κ3) is 3.94. The first-order chi connectivity index (χ1) is 10.2. The molecule has 1 aromatic rings. The van der Waals surface area contributed by atoms with E-state index in [1.165, 1.54) is 0 Å². The zero-order valence-electron chi connectivity index (χ0n) is 12.9. The maximum absolute atomic E-state index is 12.7. The summed E-state index contributed by atoms with van der Waals surface area (Å²) in [6.07, 6.45) is 4.55. The van der Waals surface area contributed by atoms with Gasteiger partial charge in [-0.05, 0) is 45.1 Å². The molecule has 1 atom stereocenters. The molecule has 2 N–H and O–H groups in total. The van der Waals surface area contributed by atoms with E-state index in [1.807, 2.05) is 24.8 Å². The highest BCUT2D eigenvalue weighted by Crippen LogP contribution is 2.23. The maximum atomic E-state index is 12.7. The molecule has 1 aliphatic heterocycles. The number of aryl methyl sites for hydroxylation is 1. The van der Waals surface area contributed by atoms with Crippen molar-refractivity contribution < 1.29 is 9.90 Å². The number of likely N-dealkylation sites (tertiary alicyclic amines) is 1. The number of carbonyl (C=O) groups is 1. The van der Waals surface area contributed by atoms with Crippen LogP contribution in [0, 0.1) is 12.8 Å². The predicted octanol–water partition coefficient (Wildman–Crippen LogP) is 2.06. The third-order valence-corrected chi connectivity index (χ3v) is 3.98. The number of aromatic nitrogens is 1. The molecule has 0 spiro atoms. The van der Waals surface area contributed by atoms with E-state index >= 15 is 0 Å². The summed E-state index contributed by atoms with van der Waals surface area (Å²) in [4.78, 5) is 18.9. The summed E-state index contributed by atoms with van der Waals surface area (Å²) in [7, 11) is 0. The van der Waals surface area contributed by atoms with Gasteiger partial charge in [-0.1, -0.05) is 0 Å². The Bertz CT molecular complexity index is 488. The smallest absolute Gasteiger partial charge is 0.257 e. The lowest BCUT2D eigenvalue weighted by Crippen LogP contribution is -2.40. The zero-order chi connectivity index (χ0) is 15.2. The fourth-order valence-corrected chi connectivity index (χ4v) is 2.91. The van der Waals surface area contributed by atoms with Gasteiger partial charge in [-0.25, -0.2) is 0 Å². The number of aliphatic hydroxyl groups is 1. The Morgan fingerprint density at radius 2 is 2.38 bits per heavy atom. The molecule has 21 heavy (non-hydrogen) atoms. The molecule has 1 aromatic heterocycles. The molecule has 1 amide bonds. The van der Waals surface area contributed by atoms with Crippen LogP contribution in [-0.2, 0) is 0 Å². The highest BCUT2D eigenvalue weighted by atomic mass is 16.3. The molecule has 0 saturated carbocycles. The normalized spacial score (nSPS) is 18.6. The van der Waals surface area contributed by atoms with Crippen molar-refractivity contribution in [1.82, 2.24) is 9.88 Å². The lowest BCUT2D eigenvalue weighted by Gasteiger charge is -2.33. The van der Waals surface area contributed by atoms with Crippen molar-refractivity contribution in [2.45, 2.75) is 33.1 Å². The monoisotopic (exact) mass is 291 g/mol. The average Bonchev–Trinajstić information content (AvgIpc) is 2.48. The van der Waals surface area contributed by atoms with Crippen LogP contribution in [0.1, 0.15) is 42.2 Å². The molecule has 1 unspecified atom stereocenters. The van der Waals surface area contributed by atoms with Crippen molar-refractivity contribution in [1.29, 1.82) is 0 Å². The molecule has 0 aliphatic carbocycles. The fraction of sp³-hybridized carbons (Fsp3) is 0.625. The number of pyridine rings is 1. The van der Waals surface area contributed by atoms with E-state index in [-0.39, 0.29) is 12.5 Å². The number of carbonyl (C=O) groups excluding carboxylic acids is 1. The third-order valence-electron chi connectivity index (χ3n) is 3.98.